The van der Waals surface area contributed by atoms with E-state index in [0.29, 0.717) is 5.56 Å². The van der Waals surface area contributed by atoms with E-state index in [1.807, 2.05) is 35.2 Å². The van der Waals surface area contributed by atoms with E-state index in [2.05, 4.69) is 4.74 Å². The smallest absolute Gasteiger partial charge is 0.337 e. The van der Waals surface area contributed by atoms with Crippen molar-refractivity contribution in [3.05, 3.63) is 78.1 Å². The zero-order valence-corrected chi connectivity index (χ0v) is 13.0. The van der Waals surface area contributed by atoms with E-state index in [-0.39, 0.29) is 11.5 Å². The van der Waals surface area contributed by atoms with Crippen molar-refractivity contribution in [1.29, 1.82) is 0 Å². The van der Waals surface area contributed by atoms with Crippen LogP contribution in [-0.4, -0.2) is 28.7 Å². The molecule has 5 heteroatoms. The third kappa shape index (κ3) is 3.05. The number of nitrogens with zero attached hydrogens (tertiary/aromatic N) is 1. The van der Waals surface area contributed by atoms with Crippen molar-refractivity contribution in [2.24, 2.45) is 0 Å². The lowest BCUT2D eigenvalue weighted by Gasteiger charge is -2.04. The highest BCUT2D eigenvalue weighted by atomic mass is 16.5. The number of methoxy groups -OCH3 is 1. The monoisotopic (exact) mass is 321 g/mol. The van der Waals surface area contributed by atoms with Crippen molar-refractivity contribution in [1.82, 2.24) is 4.57 Å². The fourth-order valence-corrected chi connectivity index (χ4v) is 2.42. The van der Waals surface area contributed by atoms with Crippen LogP contribution in [0.4, 0.5) is 0 Å². The molecular weight excluding hydrogens is 306 g/mol. The molecule has 0 amide bonds. The van der Waals surface area contributed by atoms with Crippen molar-refractivity contribution in [2.45, 2.75) is 0 Å². The van der Waals surface area contributed by atoms with E-state index >= 15 is 0 Å². The van der Waals surface area contributed by atoms with Gasteiger partial charge in [-0.3, -0.25) is 0 Å². The van der Waals surface area contributed by atoms with E-state index in [1.165, 1.54) is 7.11 Å². The number of ether oxygens (including phenoxy) is 1. The van der Waals surface area contributed by atoms with Gasteiger partial charge in [0.2, 0.25) is 0 Å². The Morgan fingerprint density at radius 1 is 0.875 bits per heavy atom. The fourth-order valence-electron chi connectivity index (χ4n) is 2.42. The maximum absolute atomic E-state index is 11.5. The van der Waals surface area contributed by atoms with Gasteiger partial charge in [0.15, 0.2) is 0 Å². The summed E-state index contributed by atoms with van der Waals surface area (Å²) < 4.78 is 6.61. The minimum absolute atomic E-state index is 0.261. The predicted octanol–water partition coefficient (Wildman–Crippen LogP) is 3.63. The predicted molar refractivity (Wildman–Crippen MR) is 89.5 cm³/mol. The van der Waals surface area contributed by atoms with E-state index in [4.69, 9.17) is 5.11 Å². The number of carboxylic acids is 1. The quantitative estimate of drug-likeness (QED) is 0.745. The second-order valence-corrected chi connectivity index (χ2v) is 5.23. The van der Waals surface area contributed by atoms with Gasteiger partial charge in [-0.2, -0.15) is 0 Å². The summed E-state index contributed by atoms with van der Waals surface area (Å²) in [5, 5.41) is 8.94. The van der Waals surface area contributed by atoms with Crippen molar-refractivity contribution >= 4 is 11.9 Å². The van der Waals surface area contributed by atoms with Crippen LogP contribution < -0.4 is 0 Å². The zero-order chi connectivity index (χ0) is 17.1. The Morgan fingerprint density at radius 3 is 2.08 bits per heavy atom. The Balaban J connectivity index is 1.85. The minimum atomic E-state index is -0.940. The number of carboxylic acid groups (broad SMARTS) is 1. The highest BCUT2D eigenvalue weighted by Gasteiger charge is 2.07. The largest absolute Gasteiger partial charge is 0.478 e. The molecule has 3 aromatic rings. The zero-order valence-electron chi connectivity index (χ0n) is 13.0. The Bertz CT molecular complexity index is 876. The molecule has 24 heavy (non-hydrogen) atoms. The van der Waals surface area contributed by atoms with Crippen LogP contribution in [-0.2, 0) is 4.74 Å². The molecule has 2 aromatic carbocycles. The van der Waals surface area contributed by atoms with Crippen molar-refractivity contribution in [3.8, 4) is 16.8 Å². The molecule has 1 aromatic heterocycles. The van der Waals surface area contributed by atoms with Gasteiger partial charge in [0.05, 0.1) is 18.2 Å². The number of hydrogen-bond donors (Lipinski definition) is 1. The van der Waals surface area contributed by atoms with Crippen LogP contribution in [0, 0.1) is 0 Å². The Hall–Kier alpha value is -3.34. The molecule has 0 spiro atoms. The molecule has 0 atom stereocenters. The third-order valence-electron chi connectivity index (χ3n) is 3.74. The topological polar surface area (TPSA) is 68.5 Å². The first kappa shape index (κ1) is 15.6. The lowest BCUT2D eigenvalue weighted by molar-refractivity contribution is 0.0600. The highest BCUT2D eigenvalue weighted by molar-refractivity contribution is 5.89. The third-order valence-corrected chi connectivity index (χ3v) is 3.74. The molecule has 0 unspecified atom stereocenters. The average molecular weight is 321 g/mol. The van der Waals surface area contributed by atoms with Gasteiger partial charge in [0.1, 0.15) is 0 Å². The molecule has 1 heterocycles. The number of aromatic carboxylic acids is 1. The van der Waals surface area contributed by atoms with E-state index in [0.717, 1.165) is 16.8 Å². The second kappa shape index (κ2) is 6.42. The van der Waals surface area contributed by atoms with Crippen LogP contribution in [0.25, 0.3) is 16.8 Å². The Kier molecular flexibility index (Phi) is 4.16. The van der Waals surface area contributed by atoms with Crippen LogP contribution in [0.5, 0.6) is 0 Å². The van der Waals surface area contributed by atoms with Gasteiger partial charge >= 0.3 is 11.9 Å². The molecule has 120 valence electrons. The molecule has 0 radical (unpaired) electrons. The van der Waals surface area contributed by atoms with Gasteiger partial charge in [-0.1, -0.05) is 12.1 Å². The van der Waals surface area contributed by atoms with E-state index < -0.39 is 5.97 Å². The first-order chi connectivity index (χ1) is 11.6. The standard InChI is InChI=1S/C19H15NO4/c1-24-19(23)15-6-8-17(9-7-15)20-11-10-16(12-20)13-2-4-14(5-3-13)18(21)22/h2-12H,1H3,(H,21,22). The molecule has 0 aliphatic rings. The average Bonchev–Trinajstić information content (AvgIpc) is 3.11. The van der Waals surface area contributed by atoms with Crippen LogP contribution in [0.3, 0.4) is 0 Å². The summed E-state index contributed by atoms with van der Waals surface area (Å²) in [5.74, 6) is -1.31. The molecule has 1 N–H and O–H groups in total. The minimum Gasteiger partial charge on any atom is -0.478 e. The van der Waals surface area contributed by atoms with Gasteiger partial charge in [-0.15, -0.1) is 0 Å². The van der Waals surface area contributed by atoms with Gasteiger partial charge < -0.3 is 14.4 Å². The molecule has 0 saturated heterocycles. The molecule has 0 aliphatic heterocycles. The maximum atomic E-state index is 11.5. The van der Waals surface area contributed by atoms with E-state index in [1.54, 1.807) is 36.4 Å². The molecule has 3 rings (SSSR count). The summed E-state index contributed by atoms with van der Waals surface area (Å²) >= 11 is 0. The van der Waals surface area contributed by atoms with Crippen molar-refractivity contribution < 1.29 is 19.4 Å². The molecule has 0 fully saturated rings. The normalized spacial score (nSPS) is 10.4. The summed E-state index contributed by atoms with van der Waals surface area (Å²) in [7, 11) is 1.35. The van der Waals surface area contributed by atoms with Crippen LogP contribution in [0.15, 0.2) is 67.0 Å². The van der Waals surface area contributed by atoms with Crippen molar-refractivity contribution in [2.75, 3.05) is 7.11 Å². The fraction of sp³-hybridized carbons (Fsp3) is 0.0526. The lowest BCUT2D eigenvalue weighted by atomic mass is 10.1. The van der Waals surface area contributed by atoms with Crippen LogP contribution in [0.1, 0.15) is 20.7 Å². The summed E-state index contributed by atoms with van der Waals surface area (Å²) in [6.45, 7) is 0. The highest BCUT2D eigenvalue weighted by Crippen LogP contribution is 2.22. The summed E-state index contributed by atoms with van der Waals surface area (Å²) in [5.41, 5.74) is 3.58. The number of carbonyl (C=O) groups is 2. The number of benzene rings is 2. The number of carbonyl (C=O) groups excluding carboxylic acids is 1. The van der Waals surface area contributed by atoms with Gasteiger partial charge in [0.25, 0.3) is 0 Å². The number of aromatic nitrogens is 1. The first-order valence-electron chi connectivity index (χ1n) is 7.29. The summed E-state index contributed by atoms with van der Waals surface area (Å²) in [6.07, 6.45) is 3.86. The van der Waals surface area contributed by atoms with Crippen LogP contribution >= 0.6 is 0 Å². The molecule has 0 aliphatic carbocycles. The van der Waals surface area contributed by atoms with Crippen molar-refractivity contribution in [3.63, 3.8) is 0 Å². The molecule has 5 nitrogen and oxygen atoms in total. The maximum Gasteiger partial charge on any atom is 0.337 e. The summed E-state index contributed by atoms with van der Waals surface area (Å²) in [4.78, 5) is 22.4. The molecular formula is C19H15NO4. The summed E-state index contributed by atoms with van der Waals surface area (Å²) in [6, 6.07) is 15.8. The number of hydrogen-bond acceptors (Lipinski definition) is 3. The first-order valence-corrected chi connectivity index (χ1v) is 7.29. The Morgan fingerprint density at radius 2 is 1.50 bits per heavy atom. The van der Waals surface area contributed by atoms with Gasteiger partial charge in [-0.25, -0.2) is 9.59 Å². The Labute approximate surface area is 138 Å². The SMILES string of the molecule is COC(=O)c1ccc(-n2ccc(-c3ccc(C(=O)O)cc3)c2)cc1. The number of rotatable bonds is 4. The van der Waals surface area contributed by atoms with Gasteiger partial charge in [-0.05, 0) is 53.6 Å². The van der Waals surface area contributed by atoms with E-state index in [9.17, 15) is 9.59 Å². The number of esters is 1. The van der Waals surface area contributed by atoms with Gasteiger partial charge in [0, 0.05) is 18.1 Å². The van der Waals surface area contributed by atoms with Crippen LogP contribution in [0.2, 0.25) is 0 Å². The second-order valence-electron chi connectivity index (χ2n) is 5.23. The lowest BCUT2D eigenvalue weighted by Crippen LogP contribution is -2.01. The molecule has 0 saturated carbocycles. The molecule has 0 bridgehead atoms.